The number of esters is 1. The lowest BCUT2D eigenvalue weighted by Crippen LogP contribution is -2.13. The number of halogens is 2. The Morgan fingerprint density at radius 2 is 1.77 bits per heavy atom. The van der Waals surface area contributed by atoms with Crippen LogP contribution in [0.25, 0.3) is 22.8 Å². The van der Waals surface area contributed by atoms with Crippen LogP contribution in [-0.4, -0.2) is 34.5 Å². The van der Waals surface area contributed by atoms with Crippen molar-refractivity contribution in [1.29, 1.82) is 0 Å². The standard InChI is InChI=1S/C18H15F2N3O3/c1-25-15(24)11-23-17(13-5-3-2-4-6-13)21-16(22-23)12-7-9-14(10-8-12)26-18(19)20/h2-10,18H,11H2,1H3. The van der Waals surface area contributed by atoms with Gasteiger partial charge in [-0.25, -0.2) is 9.67 Å². The maximum Gasteiger partial charge on any atom is 0.387 e. The maximum atomic E-state index is 12.2. The molecule has 0 aliphatic heterocycles. The van der Waals surface area contributed by atoms with E-state index < -0.39 is 12.6 Å². The van der Waals surface area contributed by atoms with Gasteiger partial charge in [0.2, 0.25) is 0 Å². The predicted molar refractivity (Wildman–Crippen MR) is 89.5 cm³/mol. The van der Waals surface area contributed by atoms with Crippen molar-refractivity contribution in [1.82, 2.24) is 14.8 Å². The molecule has 0 spiro atoms. The lowest BCUT2D eigenvalue weighted by Gasteiger charge is -2.04. The maximum absolute atomic E-state index is 12.2. The molecule has 0 atom stereocenters. The minimum absolute atomic E-state index is 0.0426. The second-order valence-electron chi connectivity index (χ2n) is 5.26. The van der Waals surface area contributed by atoms with Crippen LogP contribution in [-0.2, 0) is 16.1 Å². The Hall–Kier alpha value is -3.29. The van der Waals surface area contributed by atoms with Gasteiger partial charge < -0.3 is 9.47 Å². The Morgan fingerprint density at radius 3 is 2.38 bits per heavy atom. The molecule has 3 aromatic rings. The Balaban J connectivity index is 1.96. The van der Waals surface area contributed by atoms with Crippen molar-refractivity contribution >= 4 is 5.97 Å². The van der Waals surface area contributed by atoms with Gasteiger partial charge in [-0.1, -0.05) is 30.3 Å². The minimum Gasteiger partial charge on any atom is -0.468 e. The zero-order valence-corrected chi connectivity index (χ0v) is 13.8. The van der Waals surface area contributed by atoms with Crippen molar-refractivity contribution in [2.24, 2.45) is 0 Å². The van der Waals surface area contributed by atoms with Crippen molar-refractivity contribution in [2.75, 3.05) is 7.11 Å². The third kappa shape index (κ3) is 4.02. The molecule has 3 rings (SSSR count). The average molecular weight is 359 g/mol. The van der Waals surface area contributed by atoms with E-state index in [1.54, 1.807) is 12.1 Å². The van der Waals surface area contributed by atoms with Crippen LogP contribution >= 0.6 is 0 Å². The molecular weight excluding hydrogens is 344 g/mol. The molecule has 0 amide bonds. The molecule has 1 heterocycles. The molecule has 8 heteroatoms. The molecular formula is C18H15F2N3O3. The van der Waals surface area contributed by atoms with Crippen molar-refractivity contribution < 1.29 is 23.0 Å². The van der Waals surface area contributed by atoms with Gasteiger partial charge in [0.05, 0.1) is 7.11 Å². The van der Waals surface area contributed by atoms with E-state index in [9.17, 15) is 13.6 Å². The van der Waals surface area contributed by atoms with Gasteiger partial charge in [-0.3, -0.25) is 4.79 Å². The lowest BCUT2D eigenvalue weighted by atomic mass is 10.2. The third-order valence-corrected chi connectivity index (χ3v) is 3.55. The monoisotopic (exact) mass is 359 g/mol. The summed E-state index contributed by atoms with van der Waals surface area (Å²) in [5.74, 6) is 0.440. The normalized spacial score (nSPS) is 10.8. The summed E-state index contributed by atoms with van der Waals surface area (Å²) in [7, 11) is 1.30. The highest BCUT2D eigenvalue weighted by atomic mass is 19.3. The van der Waals surface area contributed by atoms with Gasteiger partial charge in [0.25, 0.3) is 0 Å². The SMILES string of the molecule is COC(=O)Cn1nc(-c2ccc(OC(F)F)cc2)nc1-c1ccccc1. The van der Waals surface area contributed by atoms with Crippen LogP contribution in [0.4, 0.5) is 8.78 Å². The summed E-state index contributed by atoms with van der Waals surface area (Å²) in [5.41, 5.74) is 1.39. The largest absolute Gasteiger partial charge is 0.468 e. The topological polar surface area (TPSA) is 66.2 Å². The van der Waals surface area contributed by atoms with E-state index in [1.807, 2.05) is 30.3 Å². The summed E-state index contributed by atoms with van der Waals surface area (Å²) in [6.45, 7) is -2.98. The zero-order valence-electron chi connectivity index (χ0n) is 13.8. The first-order chi connectivity index (χ1) is 12.6. The van der Waals surface area contributed by atoms with Crippen LogP contribution in [0.15, 0.2) is 54.6 Å². The highest BCUT2D eigenvalue weighted by molar-refractivity contribution is 5.70. The van der Waals surface area contributed by atoms with Crippen LogP contribution in [0.5, 0.6) is 5.75 Å². The number of methoxy groups -OCH3 is 1. The van der Waals surface area contributed by atoms with Gasteiger partial charge in [-0.15, -0.1) is 5.10 Å². The number of ether oxygens (including phenoxy) is 2. The lowest BCUT2D eigenvalue weighted by molar-refractivity contribution is -0.141. The first kappa shape index (κ1) is 17.5. The minimum atomic E-state index is -2.89. The van der Waals surface area contributed by atoms with Gasteiger partial charge in [0.1, 0.15) is 12.3 Å². The molecule has 0 saturated heterocycles. The number of hydrogen-bond acceptors (Lipinski definition) is 5. The highest BCUT2D eigenvalue weighted by Gasteiger charge is 2.16. The van der Waals surface area contributed by atoms with Crippen LogP contribution in [0.1, 0.15) is 0 Å². The molecule has 0 saturated carbocycles. The van der Waals surface area contributed by atoms with E-state index in [1.165, 1.54) is 23.9 Å². The smallest absolute Gasteiger partial charge is 0.387 e. The number of alkyl halides is 2. The molecule has 6 nitrogen and oxygen atoms in total. The van der Waals surface area contributed by atoms with E-state index in [2.05, 4.69) is 14.8 Å². The van der Waals surface area contributed by atoms with Crippen molar-refractivity contribution in [3.63, 3.8) is 0 Å². The van der Waals surface area contributed by atoms with Crippen molar-refractivity contribution in [3.8, 4) is 28.5 Å². The highest BCUT2D eigenvalue weighted by Crippen LogP contribution is 2.24. The first-order valence-corrected chi connectivity index (χ1v) is 7.69. The fraction of sp³-hybridized carbons (Fsp3) is 0.167. The van der Waals surface area contributed by atoms with E-state index in [4.69, 9.17) is 4.74 Å². The molecule has 0 aliphatic rings. The molecule has 0 fully saturated rings. The first-order valence-electron chi connectivity index (χ1n) is 7.69. The molecule has 1 aromatic heterocycles. The van der Waals surface area contributed by atoms with Gasteiger partial charge in [0.15, 0.2) is 11.6 Å². The number of aromatic nitrogens is 3. The number of nitrogens with zero attached hydrogens (tertiary/aromatic N) is 3. The third-order valence-electron chi connectivity index (χ3n) is 3.55. The molecule has 0 unspecified atom stereocenters. The Bertz CT molecular complexity index is 880. The number of hydrogen-bond donors (Lipinski definition) is 0. The predicted octanol–water partition coefficient (Wildman–Crippen LogP) is 3.39. The summed E-state index contributed by atoms with van der Waals surface area (Å²) in [5, 5.41) is 4.35. The number of benzene rings is 2. The van der Waals surface area contributed by atoms with E-state index in [0.717, 1.165) is 5.56 Å². The Morgan fingerprint density at radius 1 is 1.08 bits per heavy atom. The molecule has 0 N–H and O–H groups in total. The molecule has 0 radical (unpaired) electrons. The fourth-order valence-electron chi connectivity index (χ4n) is 2.35. The molecule has 2 aromatic carbocycles. The van der Waals surface area contributed by atoms with E-state index in [-0.39, 0.29) is 12.3 Å². The Labute approximate surface area is 148 Å². The van der Waals surface area contributed by atoms with Gasteiger partial charge in [-0.05, 0) is 24.3 Å². The van der Waals surface area contributed by atoms with E-state index >= 15 is 0 Å². The molecule has 0 aliphatic carbocycles. The van der Waals surface area contributed by atoms with Crippen molar-refractivity contribution in [2.45, 2.75) is 13.2 Å². The average Bonchev–Trinajstić information content (AvgIpc) is 3.06. The molecule has 26 heavy (non-hydrogen) atoms. The van der Waals surface area contributed by atoms with Crippen LogP contribution in [0.2, 0.25) is 0 Å². The van der Waals surface area contributed by atoms with E-state index in [0.29, 0.717) is 17.2 Å². The number of rotatable bonds is 6. The molecule has 134 valence electrons. The number of carbonyl (C=O) groups is 1. The van der Waals surface area contributed by atoms with Gasteiger partial charge >= 0.3 is 12.6 Å². The quantitative estimate of drug-likeness (QED) is 0.631. The van der Waals surface area contributed by atoms with Crippen LogP contribution in [0.3, 0.4) is 0 Å². The van der Waals surface area contributed by atoms with Gasteiger partial charge in [0, 0.05) is 11.1 Å². The van der Waals surface area contributed by atoms with Crippen LogP contribution in [0, 0.1) is 0 Å². The zero-order chi connectivity index (χ0) is 18.5. The summed E-state index contributed by atoms with van der Waals surface area (Å²) in [6, 6.07) is 15.2. The Kier molecular flexibility index (Phi) is 5.21. The summed E-state index contributed by atoms with van der Waals surface area (Å²) < 4.78 is 35.0. The summed E-state index contributed by atoms with van der Waals surface area (Å²) in [4.78, 5) is 16.1. The molecule has 0 bridgehead atoms. The summed E-state index contributed by atoms with van der Waals surface area (Å²) in [6.07, 6.45) is 0. The van der Waals surface area contributed by atoms with Crippen molar-refractivity contribution in [3.05, 3.63) is 54.6 Å². The fourth-order valence-corrected chi connectivity index (χ4v) is 2.35. The second-order valence-corrected chi connectivity index (χ2v) is 5.26. The summed E-state index contributed by atoms with van der Waals surface area (Å²) >= 11 is 0. The van der Waals surface area contributed by atoms with Crippen LogP contribution < -0.4 is 4.74 Å². The number of carbonyl (C=O) groups excluding carboxylic acids is 1. The van der Waals surface area contributed by atoms with Gasteiger partial charge in [-0.2, -0.15) is 8.78 Å². The second kappa shape index (κ2) is 7.73.